The van der Waals surface area contributed by atoms with Gasteiger partial charge in [0.2, 0.25) is 0 Å². The first-order valence-electron chi connectivity index (χ1n) is 4.03. The van der Waals surface area contributed by atoms with Crippen LogP contribution in [-0.2, 0) is 12.8 Å². The fourth-order valence-electron chi connectivity index (χ4n) is 1.76. The molecule has 58 valence electrons. The van der Waals surface area contributed by atoms with Crippen LogP contribution in [0.1, 0.15) is 11.1 Å². The van der Waals surface area contributed by atoms with Crippen LogP contribution in [0.5, 0.6) is 0 Å². The lowest BCUT2D eigenvalue weighted by atomic mass is 10.1. The molecule has 0 bridgehead atoms. The molecule has 11 heavy (non-hydrogen) atoms. The lowest BCUT2D eigenvalue weighted by molar-refractivity contribution is 0.635. The summed E-state index contributed by atoms with van der Waals surface area (Å²) in [4.78, 5) is 0. The van der Waals surface area contributed by atoms with Gasteiger partial charge in [-0.1, -0.05) is 24.3 Å². The van der Waals surface area contributed by atoms with E-state index in [2.05, 4.69) is 24.3 Å². The quantitative estimate of drug-likeness (QED) is 0.563. The van der Waals surface area contributed by atoms with E-state index in [9.17, 15) is 0 Å². The molecular weight excluding hydrogens is 156 g/mol. The van der Waals surface area contributed by atoms with E-state index in [1.165, 1.54) is 24.0 Å². The Morgan fingerprint density at radius 2 is 1.73 bits per heavy atom. The zero-order valence-corrected chi connectivity index (χ0v) is 7.14. The third-order valence-corrected chi connectivity index (χ3v) is 2.79. The van der Waals surface area contributed by atoms with E-state index in [1.807, 2.05) is 0 Å². The Balaban J connectivity index is 2.27. The van der Waals surface area contributed by atoms with Gasteiger partial charge < -0.3 is 0 Å². The average molecular weight is 167 g/mol. The molecule has 1 aromatic rings. The van der Waals surface area contributed by atoms with Gasteiger partial charge in [0.05, 0.1) is 0 Å². The van der Waals surface area contributed by atoms with Gasteiger partial charge in [0, 0.05) is 5.88 Å². The number of fused-ring (bicyclic) bond motifs is 1. The number of hydrogen-bond donors (Lipinski definition) is 0. The Morgan fingerprint density at radius 3 is 2.18 bits per heavy atom. The number of halogens is 1. The van der Waals surface area contributed by atoms with E-state index in [0.717, 1.165) is 5.88 Å². The molecule has 0 atom stereocenters. The monoisotopic (exact) mass is 166 g/mol. The number of hydrogen-bond acceptors (Lipinski definition) is 0. The minimum absolute atomic E-state index is 0.689. The Labute approximate surface area is 72.2 Å². The molecular formula is C10H11Cl. The molecule has 0 N–H and O–H groups in total. The summed E-state index contributed by atoms with van der Waals surface area (Å²) in [5.41, 5.74) is 3.00. The molecule has 0 fully saturated rings. The highest BCUT2D eigenvalue weighted by Gasteiger charge is 2.19. The van der Waals surface area contributed by atoms with E-state index >= 15 is 0 Å². The third-order valence-electron chi connectivity index (χ3n) is 2.35. The molecule has 0 radical (unpaired) electrons. The Kier molecular flexibility index (Phi) is 1.87. The normalized spacial score (nSPS) is 16.8. The highest BCUT2D eigenvalue weighted by atomic mass is 35.5. The van der Waals surface area contributed by atoms with Gasteiger partial charge >= 0.3 is 0 Å². The molecule has 1 aliphatic rings. The standard InChI is InChI=1S/C10H11Cl/c11-7-8-5-9-3-1-2-4-10(9)6-8/h1-4,8H,5-7H2. The predicted octanol–water partition coefficient (Wildman–Crippen LogP) is 2.64. The fourth-order valence-corrected chi connectivity index (χ4v) is 1.98. The van der Waals surface area contributed by atoms with Gasteiger partial charge in [-0.25, -0.2) is 0 Å². The van der Waals surface area contributed by atoms with Gasteiger partial charge in [-0.05, 0) is 29.9 Å². The van der Waals surface area contributed by atoms with Crippen molar-refractivity contribution < 1.29 is 0 Å². The molecule has 1 aliphatic carbocycles. The predicted molar refractivity (Wildman–Crippen MR) is 48.1 cm³/mol. The second-order valence-corrected chi connectivity index (χ2v) is 3.51. The van der Waals surface area contributed by atoms with Crippen LogP contribution in [-0.4, -0.2) is 5.88 Å². The highest BCUT2D eigenvalue weighted by Crippen LogP contribution is 2.26. The Hall–Kier alpha value is -0.490. The second kappa shape index (κ2) is 2.86. The molecule has 0 spiro atoms. The Morgan fingerprint density at radius 1 is 1.18 bits per heavy atom. The third kappa shape index (κ3) is 1.28. The maximum Gasteiger partial charge on any atom is 0.0258 e. The molecule has 0 unspecified atom stereocenters. The van der Waals surface area contributed by atoms with Crippen LogP contribution in [0.25, 0.3) is 0 Å². The zero-order valence-electron chi connectivity index (χ0n) is 6.39. The van der Waals surface area contributed by atoms with Crippen LogP contribution in [0.2, 0.25) is 0 Å². The van der Waals surface area contributed by atoms with Crippen molar-refractivity contribution in [1.82, 2.24) is 0 Å². The number of rotatable bonds is 1. The summed E-state index contributed by atoms with van der Waals surface area (Å²) < 4.78 is 0. The lowest BCUT2D eigenvalue weighted by Gasteiger charge is -1.99. The van der Waals surface area contributed by atoms with Crippen LogP contribution in [0.4, 0.5) is 0 Å². The van der Waals surface area contributed by atoms with Crippen LogP contribution in [0.3, 0.4) is 0 Å². The van der Waals surface area contributed by atoms with Crippen molar-refractivity contribution >= 4 is 11.6 Å². The first kappa shape index (κ1) is 7.17. The van der Waals surface area contributed by atoms with Crippen molar-refractivity contribution in [2.75, 3.05) is 5.88 Å². The zero-order chi connectivity index (χ0) is 7.68. The van der Waals surface area contributed by atoms with Gasteiger partial charge in [-0.2, -0.15) is 0 Å². The molecule has 0 saturated heterocycles. The molecule has 1 heteroatoms. The summed E-state index contributed by atoms with van der Waals surface area (Å²) in [6, 6.07) is 8.63. The van der Waals surface area contributed by atoms with Gasteiger partial charge in [0.15, 0.2) is 0 Å². The Bertz CT molecular complexity index is 230. The van der Waals surface area contributed by atoms with Crippen molar-refractivity contribution in [2.45, 2.75) is 12.8 Å². The van der Waals surface area contributed by atoms with Crippen LogP contribution in [0, 0.1) is 5.92 Å². The second-order valence-electron chi connectivity index (χ2n) is 3.20. The van der Waals surface area contributed by atoms with Gasteiger partial charge in [-0.3, -0.25) is 0 Å². The average Bonchev–Trinajstić information content (AvgIpc) is 2.46. The van der Waals surface area contributed by atoms with Crippen molar-refractivity contribution in [3.8, 4) is 0 Å². The summed E-state index contributed by atoms with van der Waals surface area (Å²) in [5.74, 6) is 1.49. The van der Waals surface area contributed by atoms with Crippen molar-refractivity contribution in [3.63, 3.8) is 0 Å². The summed E-state index contributed by atoms with van der Waals surface area (Å²) in [6.45, 7) is 0. The van der Waals surface area contributed by atoms with E-state index in [1.54, 1.807) is 0 Å². The van der Waals surface area contributed by atoms with E-state index in [4.69, 9.17) is 11.6 Å². The molecule has 1 aromatic carbocycles. The van der Waals surface area contributed by atoms with E-state index in [0.29, 0.717) is 5.92 Å². The van der Waals surface area contributed by atoms with Crippen molar-refractivity contribution in [1.29, 1.82) is 0 Å². The first-order valence-corrected chi connectivity index (χ1v) is 4.56. The molecule has 0 heterocycles. The molecule has 2 rings (SSSR count). The highest BCUT2D eigenvalue weighted by molar-refractivity contribution is 6.18. The summed E-state index contributed by atoms with van der Waals surface area (Å²) in [5, 5.41) is 0. The van der Waals surface area contributed by atoms with Gasteiger partial charge in [0.25, 0.3) is 0 Å². The number of alkyl halides is 1. The van der Waals surface area contributed by atoms with Crippen LogP contribution >= 0.6 is 11.6 Å². The number of benzene rings is 1. The molecule has 0 aliphatic heterocycles. The maximum atomic E-state index is 5.80. The molecule has 0 amide bonds. The minimum atomic E-state index is 0.689. The maximum absolute atomic E-state index is 5.80. The van der Waals surface area contributed by atoms with Crippen molar-refractivity contribution in [2.24, 2.45) is 5.92 Å². The fraction of sp³-hybridized carbons (Fsp3) is 0.400. The molecule has 0 nitrogen and oxygen atoms in total. The van der Waals surface area contributed by atoms with E-state index < -0.39 is 0 Å². The molecule has 0 aromatic heterocycles. The largest absolute Gasteiger partial charge is 0.126 e. The van der Waals surface area contributed by atoms with Gasteiger partial charge in [-0.15, -0.1) is 11.6 Å². The first-order chi connectivity index (χ1) is 5.40. The lowest BCUT2D eigenvalue weighted by Crippen LogP contribution is -1.99. The van der Waals surface area contributed by atoms with Crippen LogP contribution < -0.4 is 0 Å². The van der Waals surface area contributed by atoms with Gasteiger partial charge in [0.1, 0.15) is 0 Å². The summed E-state index contributed by atoms with van der Waals surface area (Å²) in [6.07, 6.45) is 2.36. The van der Waals surface area contributed by atoms with Crippen LogP contribution in [0.15, 0.2) is 24.3 Å². The van der Waals surface area contributed by atoms with E-state index in [-0.39, 0.29) is 0 Å². The minimum Gasteiger partial charge on any atom is -0.126 e. The molecule has 0 saturated carbocycles. The smallest absolute Gasteiger partial charge is 0.0258 e. The summed E-state index contributed by atoms with van der Waals surface area (Å²) in [7, 11) is 0. The SMILES string of the molecule is ClCC1Cc2ccccc2C1. The van der Waals surface area contributed by atoms with Crippen molar-refractivity contribution in [3.05, 3.63) is 35.4 Å². The summed E-state index contributed by atoms with van der Waals surface area (Å²) >= 11 is 5.80. The topological polar surface area (TPSA) is 0 Å².